The molecule has 0 atom stereocenters. The molecule has 2 heterocycles. The molecule has 3 aromatic rings. The van der Waals surface area contributed by atoms with Gasteiger partial charge in [-0.05, 0) is 18.2 Å². The number of thiol groups is 1. The standard InChI is InChI=1S/C14H10N2OS/c17-14-9-5-6-15-7-11(9)13(8-18)16-12-4-2-1-3-10(12)14/h1-7,18H,8H2. The molecule has 0 unspecified atom stereocenters. The Kier molecular flexibility index (Phi) is 2.72. The Labute approximate surface area is 109 Å². The molecule has 18 heavy (non-hydrogen) atoms. The minimum absolute atomic E-state index is 0.0106. The fraction of sp³-hybridized carbons (Fsp3) is 0.0714. The van der Waals surface area contributed by atoms with E-state index in [0.29, 0.717) is 22.0 Å². The van der Waals surface area contributed by atoms with Crippen LogP contribution in [0.15, 0.2) is 47.5 Å². The zero-order chi connectivity index (χ0) is 12.5. The predicted octanol–water partition coefficient (Wildman–Crippen LogP) is 2.57. The van der Waals surface area contributed by atoms with Crippen molar-refractivity contribution in [2.75, 3.05) is 0 Å². The van der Waals surface area contributed by atoms with Crippen LogP contribution in [0.1, 0.15) is 5.69 Å². The number of pyridine rings is 1. The van der Waals surface area contributed by atoms with Gasteiger partial charge >= 0.3 is 0 Å². The molecule has 0 radical (unpaired) electrons. The summed E-state index contributed by atoms with van der Waals surface area (Å²) in [4.78, 5) is 21.1. The zero-order valence-electron chi connectivity index (χ0n) is 9.50. The van der Waals surface area contributed by atoms with Crippen molar-refractivity contribution in [2.45, 2.75) is 5.75 Å². The summed E-state index contributed by atoms with van der Waals surface area (Å²) in [6.07, 6.45) is 3.30. The van der Waals surface area contributed by atoms with Gasteiger partial charge in [0.25, 0.3) is 0 Å². The van der Waals surface area contributed by atoms with E-state index >= 15 is 0 Å². The van der Waals surface area contributed by atoms with E-state index in [1.807, 2.05) is 18.2 Å². The Morgan fingerprint density at radius 3 is 2.72 bits per heavy atom. The highest BCUT2D eigenvalue weighted by molar-refractivity contribution is 7.79. The van der Waals surface area contributed by atoms with Gasteiger partial charge < -0.3 is 0 Å². The van der Waals surface area contributed by atoms with Crippen molar-refractivity contribution in [3.8, 4) is 0 Å². The summed E-state index contributed by atoms with van der Waals surface area (Å²) >= 11 is 4.29. The molecule has 0 aliphatic rings. The first-order valence-electron chi connectivity index (χ1n) is 5.58. The van der Waals surface area contributed by atoms with E-state index < -0.39 is 0 Å². The Morgan fingerprint density at radius 1 is 1.06 bits per heavy atom. The van der Waals surface area contributed by atoms with Crippen molar-refractivity contribution in [1.82, 2.24) is 9.97 Å². The molecule has 0 aliphatic heterocycles. The molecular formula is C14H10N2OS. The van der Waals surface area contributed by atoms with Crippen molar-refractivity contribution in [2.24, 2.45) is 0 Å². The molecule has 0 aliphatic carbocycles. The van der Waals surface area contributed by atoms with Crippen LogP contribution in [0.2, 0.25) is 0 Å². The van der Waals surface area contributed by atoms with Crippen LogP contribution in [0.3, 0.4) is 0 Å². The average molecular weight is 254 g/mol. The van der Waals surface area contributed by atoms with Crippen molar-refractivity contribution in [1.29, 1.82) is 0 Å². The van der Waals surface area contributed by atoms with Gasteiger partial charge in [0.1, 0.15) is 0 Å². The smallest absolute Gasteiger partial charge is 0.195 e. The molecule has 0 saturated heterocycles. The van der Waals surface area contributed by atoms with Gasteiger partial charge in [0.2, 0.25) is 0 Å². The quantitative estimate of drug-likeness (QED) is 0.679. The van der Waals surface area contributed by atoms with Crippen LogP contribution < -0.4 is 5.43 Å². The second-order valence-corrected chi connectivity index (χ2v) is 4.30. The van der Waals surface area contributed by atoms with E-state index in [1.54, 1.807) is 24.5 Å². The number of fused-ring (bicyclic) bond motifs is 2. The van der Waals surface area contributed by atoms with Crippen LogP contribution in [0.4, 0.5) is 0 Å². The lowest BCUT2D eigenvalue weighted by Crippen LogP contribution is -1.98. The minimum atomic E-state index is -0.0106. The lowest BCUT2D eigenvalue weighted by molar-refractivity contribution is 1.26. The van der Waals surface area contributed by atoms with Crippen LogP contribution in [0.25, 0.3) is 21.7 Å². The normalized spacial score (nSPS) is 10.9. The van der Waals surface area contributed by atoms with E-state index in [9.17, 15) is 4.79 Å². The van der Waals surface area contributed by atoms with Gasteiger partial charge in [-0.25, -0.2) is 0 Å². The van der Waals surface area contributed by atoms with Gasteiger partial charge in [0, 0.05) is 34.3 Å². The Hall–Kier alpha value is -1.94. The average Bonchev–Trinajstić information content (AvgIpc) is 2.55. The van der Waals surface area contributed by atoms with Crippen molar-refractivity contribution in [3.05, 3.63) is 58.6 Å². The maximum atomic E-state index is 12.5. The molecule has 0 bridgehead atoms. The first kappa shape index (κ1) is 11.2. The Balaban J connectivity index is 2.69. The van der Waals surface area contributed by atoms with Gasteiger partial charge in [-0.1, -0.05) is 12.1 Å². The molecule has 0 N–H and O–H groups in total. The first-order valence-corrected chi connectivity index (χ1v) is 6.21. The molecule has 2 aromatic heterocycles. The fourth-order valence-corrected chi connectivity index (χ4v) is 2.30. The third kappa shape index (κ3) is 1.66. The highest BCUT2D eigenvalue weighted by Gasteiger charge is 2.07. The van der Waals surface area contributed by atoms with Gasteiger partial charge in [0.05, 0.1) is 11.2 Å². The maximum absolute atomic E-state index is 12.5. The molecule has 88 valence electrons. The van der Waals surface area contributed by atoms with Gasteiger partial charge in [-0.2, -0.15) is 12.6 Å². The number of para-hydroxylation sites is 1. The van der Waals surface area contributed by atoms with Crippen LogP contribution in [-0.2, 0) is 5.75 Å². The number of aromatic nitrogens is 2. The van der Waals surface area contributed by atoms with Crippen molar-refractivity contribution < 1.29 is 0 Å². The van der Waals surface area contributed by atoms with E-state index in [2.05, 4.69) is 22.6 Å². The van der Waals surface area contributed by atoms with Gasteiger partial charge in [-0.15, -0.1) is 0 Å². The van der Waals surface area contributed by atoms with E-state index in [1.165, 1.54) is 0 Å². The molecule has 0 fully saturated rings. The van der Waals surface area contributed by atoms with Crippen LogP contribution in [0.5, 0.6) is 0 Å². The van der Waals surface area contributed by atoms with Crippen molar-refractivity contribution >= 4 is 34.3 Å². The second-order valence-electron chi connectivity index (χ2n) is 3.98. The minimum Gasteiger partial charge on any atom is -0.289 e. The molecular weight excluding hydrogens is 244 g/mol. The summed E-state index contributed by atoms with van der Waals surface area (Å²) in [5.74, 6) is 0.473. The molecule has 4 heteroatoms. The maximum Gasteiger partial charge on any atom is 0.195 e. The summed E-state index contributed by atoms with van der Waals surface area (Å²) in [6, 6.07) is 9.10. The number of rotatable bonds is 1. The fourth-order valence-electron chi connectivity index (χ4n) is 2.06. The number of benzene rings is 1. The number of hydrogen-bond donors (Lipinski definition) is 1. The summed E-state index contributed by atoms with van der Waals surface area (Å²) < 4.78 is 0. The van der Waals surface area contributed by atoms with Gasteiger partial charge in [0.15, 0.2) is 5.43 Å². The zero-order valence-corrected chi connectivity index (χ0v) is 10.4. The third-order valence-electron chi connectivity index (χ3n) is 2.93. The highest BCUT2D eigenvalue weighted by atomic mass is 32.1. The molecule has 0 spiro atoms. The van der Waals surface area contributed by atoms with Crippen LogP contribution in [-0.4, -0.2) is 9.97 Å². The number of nitrogens with zero attached hydrogens (tertiary/aromatic N) is 2. The Bertz CT molecular complexity index is 802. The van der Waals surface area contributed by atoms with E-state index in [0.717, 1.165) is 11.1 Å². The number of hydrogen-bond acceptors (Lipinski definition) is 4. The first-order chi connectivity index (χ1) is 8.81. The van der Waals surface area contributed by atoms with Crippen molar-refractivity contribution in [3.63, 3.8) is 0 Å². The molecule has 3 nitrogen and oxygen atoms in total. The van der Waals surface area contributed by atoms with Crippen LogP contribution in [0, 0.1) is 0 Å². The highest BCUT2D eigenvalue weighted by Crippen LogP contribution is 2.17. The SMILES string of the molecule is O=c1c2ccccc2nc(CS)c2cnccc12. The summed E-state index contributed by atoms with van der Waals surface area (Å²) in [5, 5.41) is 2.04. The molecule has 0 saturated carbocycles. The Morgan fingerprint density at radius 2 is 1.89 bits per heavy atom. The monoisotopic (exact) mass is 254 g/mol. The van der Waals surface area contributed by atoms with Gasteiger partial charge in [-0.3, -0.25) is 14.8 Å². The molecule has 1 aromatic carbocycles. The third-order valence-corrected chi connectivity index (χ3v) is 3.23. The lowest BCUT2D eigenvalue weighted by atomic mass is 10.1. The lowest BCUT2D eigenvalue weighted by Gasteiger charge is -1.95. The topological polar surface area (TPSA) is 42.9 Å². The molecule has 3 rings (SSSR count). The van der Waals surface area contributed by atoms with Crippen LogP contribution >= 0.6 is 12.6 Å². The summed E-state index contributed by atoms with van der Waals surface area (Å²) in [7, 11) is 0. The second kappa shape index (κ2) is 4.38. The predicted molar refractivity (Wildman–Crippen MR) is 76.0 cm³/mol. The van der Waals surface area contributed by atoms with E-state index in [-0.39, 0.29) is 5.43 Å². The molecule has 0 amide bonds. The largest absolute Gasteiger partial charge is 0.289 e. The van der Waals surface area contributed by atoms with E-state index in [4.69, 9.17) is 0 Å². The summed E-state index contributed by atoms with van der Waals surface area (Å²) in [6.45, 7) is 0. The summed E-state index contributed by atoms with van der Waals surface area (Å²) in [5.41, 5.74) is 1.46.